The number of carbonyl (C=O) groups excluding carboxylic acids is 2. The predicted molar refractivity (Wildman–Crippen MR) is 101 cm³/mol. The average Bonchev–Trinajstić information content (AvgIpc) is 3.21. The lowest BCUT2D eigenvalue weighted by molar-refractivity contribution is -0.139. The van der Waals surface area contributed by atoms with Gasteiger partial charge in [-0.3, -0.25) is 9.59 Å². The third-order valence-electron chi connectivity index (χ3n) is 4.30. The molecule has 1 heterocycles. The first kappa shape index (κ1) is 20.9. The summed E-state index contributed by atoms with van der Waals surface area (Å²) in [5.41, 5.74) is 0.631. The number of nitrogens with zero attached hydrogens (tertiary/aromatic N) is 1. The molecule has 154 valence electrons. The molecule has 2 aromatic rings. The molecule has 2 amide bonds. The van der Waals surface area contributed by atoms with Gasteiger partial charge in [-0.1, -0.05) is 30.3 Å². The molecule has 0 radical (unpaired) electrons. The summed E-state index contributed by atoms with van der Waals surface area (Å²) in [6.07, 6.45) is -0.908. The minimum Gasteiger partial charge on any atom is -0.359 e. The topological polar surface area (TPSA) is 105 Å². The molecule has 3 rings (SSSR count). The van der Waals surface area contributed by atoms with Crippen molar-refractivity contribution < 1.29 is 27.1 Å². The maximum Gasteiger partial charge on any atom is 0.309 e. The first-order valence-corrected chi connectivity index (χ1v) is 10.3. The van der Waals surface area contributed by atoms with Crippen molar-refractivity contribution in [3.05, 3.63) is 66.0 Å². The first-order valence-electron chi connectivity index (χ1n) is 8.87. The number of halogens is 1. The molecule has 0 unspecified atom stereocenters. The van der Waals surface area contributed by atoms with E-state index < -0.39 is 33.9 Å². The SMILES string of the molecule is O=C(NCc1ccc(F)cc1)C(=O)NC[C@@H]1OCCN1S(=O)(=O)c1ccccc1. The van der Waals surface area contributed by atoms with Crippen LogP contribution in [-0.2, 0) is 30.9 Å². The van der Waals surface area contributed by atoms with E-state index in [1.54, 1.807) is 18.2 Å². The number of benzene rings is 2. The molecule has 29 heavy (non-hydrogen) atoms. The molecule has 1 fully saturated rings. The largest absolute Gasteiger partial charge is 0.359 e. The van der Waals surface area contributed by atoms with Gasteiger partial charge in [0.25, 0.3) is 0 Å². The van der Waals surface area contributed by atoms with Crippen LogP contribution in [0.1, 0.15) is 5.56 Å². The molecule has 10 heteroatoms. The van der Waals surface area contributed by atoms with Gasteiger partial charge in [0.15, 0.2) is 0 Å². The number of nitrogens with one attached hydrogen (secondary N) is 2. The smallest absolute Gasteiger partial charge is 0.309 e. The summed E-state index contributed by atoms with van der Waals surface area (Å²) in [4.78, 5) is 24.0. The number of sulfonamides is 1. The van der Waals surface area contributed by atoms with Gasteiger partial charge < -0.3 is 15.4 Å². The Kier molecular flexibility index (Phi) is 6.57. The van der Waals surface area contributed by atoms with Crippen LogP contribution in [0.2, 0.25) is 0 Å². The molecule has 1 atom stereocenters. The van der Waals surface area contributed by atoms with Gasteiger partial charge in [0, 0.05) is 13.1 Å². The number of carbonyl (C=O) groups is 2. The third kappa shape index (κ3) is 5.17. The Morgan fingerprint density at radius 3 is 2.38 bits per heavy atom. The Hall–Kier alpha value is -2.82. The van der Waals surface area contributed by atoms with Crippen molar-refractivity contribution in [3.8, 4) is 0 Å². The predicted octanol–water partition coefficient (Wildman–Crippen LogP) is 0.605. The van der Waals surface area contributed by atoms with E-state index in [2.05, 4.69) is 10.6 Å². The van der Waals surface area contributed by atoms with Gasteiger partial charge in [0.1, 0.15) is 12.0 Å². The Morgan fingerprint density at radius 1 is 1.03 bits per heavy atom. The second kappa shape index (κ2) is 9.12. The van der Waals surface area contributed by atoms with Crippen LogP contribution in [0.25, 0.3) is 0 Å². The molecule has 1 aliphatic rings. The van der Waals surface area contributed by atoms with Crippen LogP contribution in [0.4, 0.5) is 4.39 Å². The zero-order valence-electron chi connectivity index (χ0n) is 15.4. The van der Waals surface area contributed by atoms with Crippen LogP contribution < -0.4 is 10.6 Å². The number of ether oxygens (including phenoxy) is 1. The fourth-order valence-corrected chi connectivity index (χ4v) is 4.33. The fourth-order valence-electron chi connectivity index (χ4n) is 2.79. The van der Waals surface area contributed by atoms with Gasteiger partial charge in [-0.25, -0.2) is 12.8 Å². The lowest BCUT2D eigenvalue weighted by atomic mass is 10.2. The Balaban J connectivity index is 1.53. The summed E-state index contributed by atoms with van der Waals surface area (Å²) in [6.45, 7) is 0.216. The van der Waals surface area contributed by atoms with E-state index in [4.69, 9.17) is 4.74 Å². The Morgan fingerprint density at radius 2 is 1.69 bits per heavy atom. The molecule has 0 spiro atoms. The molecule has 0 aromatic heterocycles. The molecule has 1 saturated heterocycles. The highest BCUT2D eigenvalue weighted by molar-refractivity contribution is 7.89. The summed E-state index contributed by atoms with van der Waals surface area (Å²) < 4.78 is 44.9. The highest BCUT2D eigenvalue weighted by Gasteiger charge is 2.36. The normalized spacial score (nSPS) is 17.1. The van der Waals surface area contributed by atoms with Crippen molar-refractivity contribution in [1.29, 1.82) is 0 Å². The lowest BCUT2D eigenvalue weighted by Gasteiger charge is -2.22. The Labute approximate surface area is 167 Å². The van der Waals surface area contributed by atoms with Gasteiger partial charge in [-0.2, -0.15) is 4.31 Å². The number of amides is 2. The lowest BCUT2D eigenvalue weighted by Crippen LogP contribution is -2.47. The van der Waals surface area contributed by atoms with E-state index in [9.17, 15) is 22.4 Å². The van der Waals surface area contributed by atoms with Crippen LogP contribution in [0.5, 0.6) is 0 Å². The van der Waals surface area contributed by atoms with Gasteiger partial charge in [0.2, 0.25) is 10.0 Å². The molecule has 0 aliphatic carbocycles. The van der Waals surface area contributed by atoms with E-state index in [0.717, 1.165) is 4.31 Å². The van der Waals surface area contributed by atoms with E-state index in [0.29, 0.717) is 5.56 Å². The van der Waals surface area contributed by atoms with Crippen LogP contribution in [0.3, 0.4) is 0 Å². The van der Waals surface area contributed by atoms with Crippen molar-refractivity contribution in [2.45, 2.75) is 17.7 Å². The van der Waals surface area contributed by atoms with Crippen molar-refractivity contribution in [2.24, 2.45) is 0 Å². The minimum absolute atomic E-state index is 0.0565. The Bertz CT molecular complexity index is 967. The second-order valence-corrected chi connectivity index (χ2v) is 8.16. The highest BCUT2D eigenvalue weighted by atomic mass is 32.2. The summed E-state index contributed by atoms with van der Waals surface area (Å²) in [5, 5.41) is 4.80. The van der Waals surface area contributed by atoms with E-state index in [1.165, 1.54) is 36.4 Å². The quantitative estimate of drug-likeness (QED) is 0.665. The molecule has 8 nitrogen and oxygen atoms in total. The second-order valence-electron chi connectivity index (χ2n) is 6.27. The van der Waals surface area contributed by atoms with Crippen LogP contribution in [0, 0.1) is 5.82 Å². The van der Waals surface area contributed by atoms with E-state index >= 15 is 0 Å². The maximum atomic E-state index is 12.9. The van der Waals surface area contributed by atoms with Gasteiger partial charge in [0.05, 0.1) is 18.0 Å². The maximum absolute atomic E-state index is 12.9. The van der Waals surface area contributed by atoms with Crippen LogP contribution in [0.15, 0.2) is 59.5 Å². The average molecular weight is 421 g/mol. The minimum atomic E-state index is -3.78. The van der Waals surface area contributed by atoms with Crippen LogP contribution in [-0.4, -0.2) is 50.5 Å². The molecular formula is C19H20FN3O5S. The first-order chi connectivity index (χ1) is 13.9. The van der Waals surface area contributed by atoms with Gasteiger partial charge >= 0.3 is 11.8 Å². The number of rotatable bonds is 6. The number of hydrogen-bond acceptors (Lipinski definition) is 5. The van der Waals surface area contributed by atoms with Crippen LogP contribution >= 0.6 is 0 Å². The zero-order chi connectivity index (χ0) is 20.9. The van der Waals surface area contributed by atoms with E-state index in [1.807, 2.05) is 0 Å². The number of hydrogen-bond donors (Lipinski definition) is 2. The third-order valence-corrected chi connectivity index (χ3v) is 6.21. The molecule has 0 saturated carbocycles. The van der Waals surface area contributed by atoms with Gasteiger partial charge in [-0.05, 0) is 29.8 Å². The summed E-state index contributed by atoms with van der Waals surface area (Å²) in [7, 11) is -3.78. The summed E-state index contributed by atoms with van der Waals surface area (Å²) >= 11 is 0. The van der Waals surface area contributed by atoms with Crippen molar-refractivity contribution in [2.75, 3.05) is 19.7 Å². The monoisotopic (exact) mass is 421 g/mol. The fraction of sp³-hybridized carbons (Fsp3) is 0.263. The molecule has 2 aromatic carbocycles. The standard InChI is InChI=1S/C19H20FN3O5S/c20-15-8-6-14(7-9-15)12-21-18(24)19(25)22-13-17-23(10-11-28-17)29(26,27)16-4-2-1-3-5-16/h1-9,17H,10-13H2,(H,21,24)(H,22,25)/t17-/m0/s1. The van der Waals surface area contributed by atoms with E-state index in [-0.39, 0.29) is 31.1 Å². The highest BCUT2D eigenvalue weighted by Crippen LogP contribution is 2.21. The van der Waals surface area contributed by atoms with Gasteiger partial charge in [-0.15, -0.1) is 0 Å². The summed E-state index contributed by atoms with van der Waals surface area (Å²) in [6, 6.07) is 13.4. The van der Waals surface area contributed by atoms with Crippen molar-refractivity contribution in [1.82, 2.24) is 14.9 Å². The molecule has 1 aliphatic heterocycles. The molecule has 2 N–H and O–H groups in total. The zero-order valence-corrected chi connectivity index (χ0v) is 16.2. The van der Waals surface area contributed by atoms with Crippen molar-refractivity contribution >= 4 is 21.8 Å². The van der Waals surface area contributed by atoms with Crippen molar-refractivity contribution in [3.63, 3.8) is 0 Å². The summed E-state index contributed by atoms with van der Waals surface area (Å²) in [5.74, 6) is -2.20. The molecular weight excluding hydrogens is 401 g/mol. The molecule has 0 bridgehead atoms.